The second kappa shape index (κ2) is 4.03. The maximum Gasteiger partial charge on any atom is 0.163 e. The molecule has 0 N–H and O–H groups in total. The van der Waals surface area contributed by atoms with Crippen molar-refractivity contribution < 1.29 is 13.9 Å². The van der Waals surface area contributed by atoms with Crippen LogP contribution in [0, 0.1) is 12.7 Å². The zero-order valence-corrected chi connectivity index (χ0v) is 7.34. The van der Waals surface area contributed by atoms with E-state index in [9.17, 15) is 9.18 Å². The number of ether oxygens (including phenoxy) is 1. The number of carbonyl (C=O) groups is 1. The van der Waals surface area contributed by atoms with Gasteiger partial charge < -0.3 is 4.74 Å². The van der Waals surface area contributed by atoms with Gasteiger partial charge in [0, 0.05) is 18.6 Å². The second-order valence-corrected chi connectivity index (χ2v) is 2.53. The molecule has 0 saturated heterocycles. The second-order valence-electron chi connectivity index (χ2n) is 2.53. The molecule has 69 valence electrons. The molecule has 0 heterocycles. The van der Waals surface area contributed by atoms with Crippen LogP contribution in [0.25, 0.3) is 0 Å². The first kappa shape index (κ1) is 9.71. The van der Waals surface area contributed by atoms with Crippen molar-refractivity contribution in [2.45, 2.75) is 6.92 Å². The lowest BCUT2D eigenvalue weighted by Crippen LogP contribution is -1.97. The van der Waals surface area contributed by atoms with Gasteiger partial charge in [-0.1, -0.05) is 0 Å². The van der Waals surface area contributed by atoms with Crippen LogP contribution in [-0.4, -0.2) is 12.4 Å². The van der Waals surface area contributed by atoms with Gasteiger partial charge in [0.1, 0.15) is 11.6 Å². The Bertz CT molecular complexity index is 321. The zero-order chi connectivity index (χ0) is 9.84. The quantitative estimate of drug-likeness (QED) is 0.668. The van der Waals surface area contributed by atoms with Crippen molar-refractivity contribution >= 4 is 5.78 Å². The number of Topliss-reactive ketones (excluding diaryl/α,β-unsaturated/α-hetero) is 1. The fraction of sp³-hybridized carbons (Fsp3) is 0.200. The Labute approximate surface area is 76.3 Å². The van der Waals surface area contributed by atoms with Crippen LogP contribution in [0.2, 0.25) is 0 Å². The number of hydrogen-bond acceptors (Lipinski definition) is 2. The van der Waals surface area contributed by atoms with E-state index in [2.05, 4.69) is 6.92 Å². The summed E-state index contributed by atoms with van der Waals surface area (Å²) in [6.07, 6.45) is 0. The van der Waals surface area contributed by atoms with Crippen LogP contribution < -0.4 is 4.74 Å². The van der Waals surface area contributed by atoms with Crippen molar-refractivity contribution in [3.8, 4) is 5.75 Å². The van der Waals surface area contributed by atoms with Crippen LogP contribution >= 0.6 is 0 Å². The summed E-state index contributed by atoms with van der Waals surface area (Å²) >= 11 is 0. The van der Waals surface area contributed by atoms with Crippen molar-refractivity contribution in [3.63, 3.8) is 0 Å². The Kier molecular flexibility index (Phi) is 3.01. The van der Waals surface area contributed by atoms with Crippen LogP contribution in [0.3, 0.4) is 0 Å². The summed E-state index contributed by atoms with van der Waals surface area (Å²) in [5.74, 6) is -0.548. The number of carbonyl (C=O) groups excluding carboxylic acids is 1. The molecule has 1 rings (SSSR count). The number of hydrogen-bond donors (Lipinski definition) is 0. The van der Waals surface area contributed by atoms with E-state index < -0.39 is 11.6 Å². The number of rotatable bonds is 3. The first-order valence-corrected chi connectivity index (χ1v) is 3.93. The van der Waals surface area contributed by atoms with Crippen LogP contribution in [0.15, 0.2) is 18.2 Å². The Morgan fingerprint density at radius 2 is 2.23 bits per heavy atom. The summed E-state index contributed by atoms with van der Waals surface area (Å²) < 4.78 is 17.9. The standard InChI is InChI=1S/C10H10FO2/c1-3-13-10-5-8(7(2)12)4-9(11)6-10/h4-6H,2-3H2,1H3. The molecule has 3 heteroatoms. The van der Waals surface area contributed by atoms with Gasteiger partial charge in [0.15, 0.2) is 5.78 Å². The van der Waals surface area contributed by atoms with Crippen molar-refractivity contribution in [1.82, 2.24) is 0 Å². The van der Waals surface area contributed by atoms with Gasteiger partial charge in [-0.2, -0.15) is 0 Å². The lowest BCUT2D eigenvalue weighted by atomic mass is 10.1. The van der Waals surface area contributed by atoms with E-state index in [1.54, 1.807) is 6.92 Å². The molecule has 1 radical (unpaired) electrons. The molecule has 0 aliphatic rings. The average molecular weight is 181 g/mol. The Balaban J connectivity index is 3.03. The fourth-order valence-electron chi connectivity index (χ4n) is 0.974. The minimum Gasteiger partial charge on any atom is -0.494 e. The van der Waals surface area contributed by atoms with Gasteiger partial charge in [0.05, 0.1) is 6.61 Å². The molecule has 13 heavy (non-hydrogen) atoms. The molecule has 1 aromatic carbocycles. The molecule has 0 atom stereocenters. The van der Waals surface area contributed by atoms with E-state index >= 15 is 0 Å². The van der Waals surface area contributed by atoms with Gasteiger partial charge in [-0.05, 0) is 19.1 Å². The van der Waals surface area contributed by atoms with Gasteiger partial charge >= 0.3 is 0 Å². The molecule has 0 aliphatic heterocycles. The molecule has 0 fully saturated rings. The SMILES string of the molecule is [CH2]C(=O)c1cc(F)cc(OCC)c1. The highest BCUT2D eigenvalue weighted by Crippen LogP contribution is 2.16. The first-order chi connectivity index (χ1) is 6.13. The molecule has 0 aliphatic carbocycles. The predicted molar refractivity (Wildman–Crippen MR) is 47.3 cm³/mol. The Morgan fingerprint density at radius 3 is 2.77 bits per heavy atom. The van der Waals surface area contributed by atoms with Crippen molar-refractivity contribution in [2.24, 2.45) is 0 Å². The van der Waals surface area contributed by atoms with Gasteiger partial charge in [-0.25, -0.2) is 4.39 Å². The highest BCUT2D eigenvalue weighted by molar-refractivity contribution is 5.99. The minimum absolute atomic E-state index is 0.225. The molecule has 0 aromatic heterocycles. The topological polar surface area (TPSA) is 26.3 Å². The zero-order valence-electron chi connectivity index (χ0n) is 7.34. The summed E-state index contributed by atoms with van der Waals surface area (Å²) in [6, 6.07) is 3.84. The third-order valence-electron chi connectivity index (χ3n) is 1.50. The van der Waals surface area contributed by atoms with Gasteiger partial charge in [-0.3, -0.25) is 4.79 Å². The number of ketones is 1. The molecule has 0 unspecified atom stereocenters. The monoisotopic (exact) mass is 181 g/mol. The minimum atomic E-state index is -0.488. The first-order valence-electron chi connectivity index (χ1n) is 3.93. The van der Waals surface area contributed by atoms with E-state index in [-0.39, 0.29) is 5.56 Å². The normalized spacial score (nSPS) is 9.77. The highest BCUT2D eigenvalue weighted by Gasteiger charge is 2.04. The van der Waals surface area contributed by atoms with Crippen LogP contribution in [-0.2, 0) is 0 Å². The van der Waals surface area contributed by atoms with Gasteiger partial charge in [0.2, 0.25) is 0 Å². The Hall–Kier alpha value is -1.38. The third kappa shape index (κ3) is 2.54. The molecule has 0 bridgehead atoms. The largest absolute Gasteiger partial charge is 0.494 e. The molecular formula is C10H10FO2. The maximum absolute atomic E-state index is 12.9. The molecule has 1 aromatic rings. The lowest BCUT2D eigenvalue weighted by Gasteiger charge is -2.04. The highest BCUT2D eigenvalue weighted by atomic mass is 19.1. The lowest BCUT2D eigenvalue weighted by molar-refractivity contribution is 0.104. The average Bonchev–Trinajstić information content (AvgIpc) is 2.03. The number of benzene rings is 1. The number of halogens is 1. The summed E-state index contributed by atoms with van der Waals surface area (Å²) in [6.45, 7) is 5.42. The summed E-state index contributed by atoms with van der Waals surface area (Å²) in [7, 11) is 0. The maximum atomic E-state index is 12.9. The summed E-state index contributed by atoms with van der Waals surface area (Å²) in [4.78, 5) is 10.8. The summed E-state index contributed by atoms with van der Waals surface area (Å²) in [5, 5.41) is 0. The van der Waals surface area contributed by atoms with E-state index in [0.29, 0.717) is 12.4 Å². The molecule has 0 amide bonds. The van der Waals surface area contributed by atoms with E-state index in [4.69, 9.17) is 4.74 Å². The van der Waals surface area contributed by atoms with Gasteiger partial charge in [-0.15, -0.1) is 0 Å². The van der Waals surface area contributed by atoms with Crippen molar-refractivity contribution in [2.75, 3.05) is 6.61 Å². The predicted octanol–water partition coefficient (Wildman–Crippen LogP) is 2.24. The third-order valence-corrected chi connectivity index (χ3v) is 1.50. The molecule has 2 nitrogen and oxygen atoms in total. The Morgan fingerprint density at radius 1 is 1.54 bits per heavy atom. The molecule has 0 spiro atoms. The van der Waals surface area contributed by atoms with E-state index in [1.165, 1.54) is 12.1 Å². The smallest absolute Gasteiger partial charge is 0.163 e. The van der Waals surface area contributed by atoms with E-state index in [1.807, 2.05) is 0 Å². The fourth-order valence-corrected chi connectivity index (χ4v) is 0.974. The van der Waals surface area contributed by atoms with Crippen LogP contribution in [0.4, 0.5) is 4.39 Å². The van der Waals surface area contributed by atoms with Gasteiger partial charge in [0.25, 0.3) is 0 Å². The van der Waals surface area contributed by atoms with Crippen LogP contribution in [0.5, 0.6) is 5.75 Å². The molecule has 0 saturated carbocycles. The summed E-state index contributed by atoms with van der Waals surface area (Å²) in [5.41, 5.74) is 0.225. The van der Waals surface area contributed by atoms with Crippen LogP contribution in [0.1, 0.15) is 17.3 Å². The van der Waals surface area contributed by atoms with Crippen molar-refractivity contribution in [3.05, 3.63) is 36.5 Å². The molecular weight excluding hydrogens is 171 g/mol. The van der Waals surface area contributed by atoms with E-state index in [0.717, 1.165) is 6.07 Å². The van der Waals surface area contributed by atoms with Crippen molar-refractivity contribution in [1.29, 1.82) is 0 Å².